The van der Waals surface area contributed by atoms with Crippen LogP contribution in [0.3, 0.4) is 0 Å². The molecule has 2 aromatic rings. The van der Waals surface area contributed by atoms with Crippen molar-refractivity contribution in [1.29, 1.82) is 0 Å². The van der Waals surface area contributed by atoms with Crippen molar-refractivity contribution in [2.75, 3.05) is 37.6 Å². The predicted octanol–water partition coefficient (Wildman–Crippen LogP) is 3.62. The van der Waals surface area contributed by atoms with Gasteiger partial charge in [0.05, 0.1) is 18.2 Å². The van der Waals surface area contributed by atoms with Crippen LogP contribution in [-0.2, 0) is 0 Å². The standard InChI is InChI=1S/C21H32N6/c1-3-19(15-25-8-4-5-9-25)27-16-22-14-20(27)18-12-23-21(24-13-18)26-10-6-17(2)7-11-26/h12-14,16-17,19H,3-11,15H2,1-2H3/t19-/m1/s1. The average molecular weight is 369 g/mol. The van der Waals surface area contributed by atoms with E-state index < -0.39 is 0 Å². The third-order valence-corrected chi connectivity index (χ3v) is 6.20. The summed E-state index contributed by atoms with van der Waals surface area (Å²) in [6.07, 6.45) is 14.1. The number of piperidine rings is 1. The third kappa shape index (κ3) is 4.15. The molecule has 2 aliphatic rings. The Labute approximate surface area is 162 Å². The van der Waals surface area contributed by atoms with Crippen LogP contribution < -0.4 is 4.90 Å². The summed E-state index contributed by atoms with van der Waals surface area (Å²) in [5.41, 5.74) is 2.18. The lowest BCUT2D eigenvalue weighted by Gasteiger charge is -2.30. The zero-order chi connectivity index (χ0) is 18.6. The lowest BCUT2D eigenvalue weighted by atomic mass is 10.00. The van der Waals surface area contributed by atoms with Crippen LogP contribution in [-0.4, -0.2) is 57.1 Å². The van der Waals surface area contributed by atoms with Gasteiger partial charge in [0.15, 0.2) is 0 Å². The fourth-order valence-corrected chi connectivity index (χ4v) is 4.32. The molecular formula is C21H32N6. The van der Waals surface area contributed by atoms with Gasteiger partial charge in [-0.3, -0.25) is 0 Å². The van der Waals surface area contributed by atoms with Crippen molar-refractivity contribution in [1.82, 2.24) is 24.4 Å². The minimum absolute atomic E-state index is 0.448. The minimum Gasteiger partial charge on any atom is -0.341 e. The fraction of sp³-hybridized carbons (Fsp3) is 0.667. The van der Waals surface area contributed by atoms with E-state index in [1.165, 1.54) is 38.8 Å². The largest absolute Gasteiger partial charge is 0.341 e. The Kier molecular flexibility index (Phi) is 5.72. The van der Waals surface area contributed by atoms with Crippen LogP contribution in [0.4, 0.5) is 5.95 Å². The number of aromatic nitrogens is 4. The second-order valence-electron chi connectivity index (χ2n) is 8.20. The van der Waals surface area contributed by atoms with Gasteiger partial charge in [0.25, 0.3) is 0 Å². The molecular weight excluding hydrogens is 336 g/mol. The van der Waals surface area contributed by atoms with Crippen LogP contribution in [0.5, 0.6) is 0 Å². The minimum atomic E-state index is 0.448. The summed E-state index contributed by atoms with van der Waals surface area (Å²) >= 11 is 0. The summed E-state index contributed by atoms with van der Waals surface area (Å²) in [5, 5.41) is 0. The van der Waals surface area contributed by atoms with Crippen molar-refractivity contribution >= 4 is 5.95 Å². The molecule has 4 heterocycles. The van der Waals surface area contributed by atoms with E-state index in [1.54, 1.807) is 0 Å². The molecule has 0 radical (unpaired) electrons. The molecule has 2 aliphatic heterocycles. The summed E-state index contributed by atoms with van der Waals surface area (Å²) < 4.78 is 2.32. The molecule has 2 saturated heterocycles. The number of imidazole rings is 1. The van der Waals surface area contributed by atoms with Crippen molar-refractivity contribution in [3.05, 3.63) is 24.9 Å². The van der Waals surface area contributed by atoms with Gasteiger partial charge in [-0.05, 0) is 51.1 Å². The van der Waals surface area contributed by atoms with Gasteiger partial charge >= 0.3 is 0 Å². The highest BCUT2D eigenvalue weighted by Gasteiger charge is 2.21. The Morgan fingerprint density at radius 2 is 1.74 bits per heavy atom. The molecule has 0 amide bonds. The zero-order valence-corrected chi connectivity index (χ0v) is 16.7. The lowest BCUT2D eigenvalue weighted by Crippen LogP contribution is -2.34. The van der Waals surface area contributed by atoms with E-state index in [-0.39, 0.29) is 0 Å². The van der Waals surface area contributed by atoms with E-state index in [0.717, 1.165) is 49.2 Å². The number of anilines is 1. The molecule has 2 aromatic heterocycles. The van der Waals surface area contributed by atoms with Crippen molar-refractivity contribution in [3.63, 3.8) is 0 Å². The number of likely N-dealkylation sites (tertiary alicyclic amines) is 1. The molecule has 0 bridgehead atoms. The Morgan fingerprint density at radius 3 is 2.41 bits per heavy atom. The van der Waals surface area contributed by atoms with Gasteiger partial charge in [-0.15, -0.1) is 0 Å². The summed E-state index contributed by atoms with van der Waals surface area (Å²) in [7, 11) is 0. The summed E-state index contributed by atoms with van der Waals surface area (Å²) in [5.74, 6) is 1.68. The van der Waals surface area contributed by atoms with E-state index in [0.29, 0.717) is 6.04 Å². The molecule has 0 saturated carbocycles. The maximum absolute atomic E-state index is 4.68. The summed E-state index contributed by atoms with van der Waals surface area (Å²) in [6.45, 7) is 10.3. The van der Waals surface area contributed by atoms with Crippen molar-refractivity contribution < 1.29 is 0 Å². The molecule has 146 valence electrons. The first kappa shape index (κ1) is 18.4. The SMILES string of the molecule is CC[C@H](CN1CCCC1)n1cncc1-c1cnc(N2CCC(C)CC2)nc1. The van der Waals surface area contributed by atoms with Crippen LogP contribution in [0.15, 0.2) is 24.9 Å². The highest BCUT2D eigenvalue weighted by atomic mass is 15.2. The highest BCUT2D eigenvalue weighted by molar-refractivity contribution is 5.57. The van der Waals surface area contributed by atoms with Gasteiger partial charge in [-0.2, -0.15) is 0 Å². The molecule has 1 atom stereocenters. The lowest BCUT2D eigenvalue weighted by molar-refractivity contribution is 0.273. The van der Waals surface area contributed by atoms with Gasteiger partial charge < -0.3 is 14.4 Å². The molecule has 6 nitrogen and oxygen atoms in total. The quantitative estimate of drug-likeness (QED) is 0.779. The maximum atomic E-state index is 4.68. The maximum Gasteiger partial charge on any atom is 0.225 e. The summed E-state index contributed by atoms with van der Waals surface area (Å²) in [4.78, 5) is 18.7. The number of hydrogen-bond acceptors (Lipinski definition) is 5. The van der Waals surface area contributed by atoms with E-state index in [9.17, 15) is 0 Å². The second-order valence-corrected chi connectivity index (χ2v) is 8.20. The van der Waals surface area contributed by atoms with Crippen LogP contribution in [0.1, 0.15) is 52.0 Å². The number of rotatable bonds is 6. The molecule has 0 aliphatic carbocycles. The third-order valence-electron chi connectivity index (χ3n) is 6.20. The molecule has 27 heavy (non-hydrogen) atoms. The van der Waals surface area contributed by atoms with Gasteiger partial charge in [0.1, 0.15) is 0 Å². The Morgan fingerprint density at radius 1 is 1.04 bits per heavy atom. The normalized spacial score (nSPS) is 20.3. The van der Waals surface area contributed by atoms with E-state index in [1.807, 2.05) is 24.9 Å². The zero-order valence-electron chi connectivity index (χ0n) is 16.7. The fourth-order valence-electron chi connectivity index (χ4n) is 4.32. The summed E-state index contributed by atoms with van der Waals surface area (Å²) in [6, 6.07) is 0.448. The van der Waals surface area contributed by atoms with E-state index in [2.05, 4.69) is 43.2 Å². The van der Waals surface area contributed by atoms with Gasteiger partial charge in [0, 0.05) is 43.6 Å². The van der Waals surface area contributed by atoms with Crippen molar-refractivity contribution in [2.45, 2.75) is 52.0 Å². The smallest absolute Gasteiger partial charge is 0.225 e. The molecule has 6 heteroatoms. The number of nitrogens with zero attached hydrogens (tertiary/aromatic N) is 6. The molecule has 0 unspecified atom stereocenters. The molecule has 0 spiro atoms. The molecule has 4 rings (SSSR count). The first-order valence-electron chi connectivity index (χ1n) is 10.6. The van der Waals surface area contributed by atoms with Crippen LogP contribution >= 0.6 is 0 Å². The van der Waals surface area contributed by atoms with Gasteiger partial charge in [-0.25, -0.2) is 15.0 Å². The monoisotopic (exact) mass is 368 g/mol. The predicted molar refractivity (Wildman–Crippen MR) is 109 cm³/mol. The molecule has 0 N–H and O–H groups in total. The Hall–Kier alpha value is -1.95. The van der Waals surface area contributed by atoms with Crippen LogP contribution in [0.25, 0.3) is 11.3 Å². The topological polar surface area (TPSA) is 50.1 Å². The van der Waals surface area contributed by atoms with Gasteiger partial charge in [0.2, 0.25) is 5.95 Å². The van der Waals surface area contributed by atoms with Crippen molar-refractivity contribution in [2.24, 2.45) is 5.92 Å². The molecule has 2 fully saturated rings. The molecule has 0 aromatic carbocycles. The number of hydrogen-bond donors (Lipinski definition) is 0. The van der Waals surface area contributed by atoms with Crippen LogP contribution in [0.2, 0.25) is 0 Å². The highest BCUT2D eigenvalue weighted by Crippen LogP contribution is 2.26. The average Bonchev–Trinajstić information content (AvgIpc) is 3.39. The first-order valence-corrected chi connectivity index (χ1v) is 10.6. The Bertz CT molecular complexity index is 711. The van der Waals surface area contributed by atoms with Crippen LogP contribution in [0, 0.1) is 5.92 Å². The first-order chi connectivity index (χ1) is 13.2. The van der Waals surface area contributed by atoms with E-state index in [4.69, 9.17) is 0 Å². The van der Waals surface area contributed by atoms with Gasteiger partial charge in [-0.1, -0.05) is 13.8 Å². The van der Waals surface area contributed by atoms with E-state index >= 15 is 0 Å². The Balaban J connectivity index is 1.49. The van der Waals surface area contributed by atoms with Crippen molar-refractivity contribution in [3.8, 4) is 11.3 Å². The second kappa shape index (κ2) is 8.38.